The predicted octanol–water partition coefficient (Wildman–Crippen LogP) is 2.43. The Labute approximate surface area is 83.4 Å². The molecule has 0 N–H and O–H groups in total. The van der Waals surface area contributed by atoms with Gasteiger partial charge in [-0.25, -0.2) is 0 Å². The molecule has 0 aliphatic carbocycles. The highest BCUT2D eigenvalue weighted by atomic mass is 19.4. The molecule has 0 saturated heterocycles. The van der Waals surface area contributed by atoms with E-state index in [1.807, 2.05) is 0 Å². The standard InChI is InChI=1S/C8H11F5O2/c1-5(2)6(14)3-15-4-7(9,10)8(11,12)13/h5H,3-4H2,1-2H3. The van der Waals surface area contributed by atoms with Gasteiger partial charge in [0, 0.05) is 5.92 Å². The van der Waals surface area contributed by atoms with Gasteiger partial charge in [-0.05, 0) is 0 Å². The fourth-order valence-electron chi connectivity index (χ4n) is 0.528. The second kappa shape index (κ2) is 4.87. The van der Waals surface area contributed by atoms with Crippen molar-refractivity contribution in [2.45, 2.75) is 25.9 Å². The molecule has 90 valence electrons. The van der Waals surface area contributed by atoms with Crippen LogP contribution in [0.5, 0.6) is 0 Å². The zero-order chi connectivity index (χ0) is 12.3. The molecular weight excluding hydrogens is 223 g/mol. The van der Waals surface area contributed by atoms with Gasteiger partial charge in [0.05, 0.1) is 0 Å². The van der Waals surface area contributed by atoms with E-state index in [0.29, 0.717) is 0 Å². The molecule has 0 spiro atoms. The average molecular weight is 234 g/mol. The van der Waals surface area contributed by atoms with Gasteiger partial charge in [-0.1, -0.05) is 13.8 Å². The zero-order valence-corrected chi connectivity index (χ0v) is 8.20. The summed E-state index contributed by atoms with van der Waals surface area (Å²) in [6.45, 7) is 0.430. The van der Waals surface area contributed by atoms with Crippen molar-refractivity contribution in [3.05, 3.63) is 0 Å². The lowest BCUT2D eigenvalue weighted by atomic mass is 10.1. The molecule has 0 saturated carbocycles. The Morgan fingerprint density at radius 1 is 1.20 bits per heavy atom. The van der Waals surface area contributed by atoms with Crippen molar-refractivity contribution in [2.75, 3.05) is 13.2 Å². The van der Waals surface area contributed by atoms with Gasteiger partial charge in [-0.15, -0.1) is 0 Å². The van der Waals surface area contributed by atoms with Crippen LogP contribution < -0.4 is 0 Å². The number of ketones is 1. The summed E-state index contributed by atoms with van der Waals surface area (Å²) >= 11 is 0. The van der Waals surface area contributed by atoms with Crippen molar-refractivity contribution in [1.82, 2.24) is 0 Å². The molecule has 0 aromatic carbocycles. The van der Waals surface area contributed by atoms with E-state index in [2.05, 4.69) is 4.74 Å². The van der Waals surface area contributed by atoms with E-state index >= 15 is 0 Å². The number of hydrogen-bond donors (Lipinski definition) is 0. The second-order valence-corrected chi connectivity index (χ2v) is 3.32. The first-order valence-corrected chi connectivity index (χ1v) is 4.13. The van der Waals surface area contributed by atoms with Gasteiger partial charge in [-0.3, -0.25) is 4.79 Å². The fraction of sp³-hybridized carbons (Fsp3) is 0.875. The number of carbonyl (C=O) groups is 1. The monoisotopic (exact) mass is 234 g/mol. The molecule has 0 aromatic heterocycles. The van der Waals surface area contributed by atoms with Crippen LogP contribution in [0.3, 0.4) is 0 Å². The van der Waals surface area contributed by atoms with Crippen LogP contribution in [-0.4, -0.2) is 31.1 Å². The van der Waals surface area contributed by atoms with Gasteiger partial charge in [0.1, 0.15) is 13.2 Å². The summed E-state index contributed by atoms with van der Waals surface area (Å²) in [4.78, 5) is 10.8. The Balaban J connectivity index is 4.02. The minimum atomic E-state index is -5.64. The van der Waals surface area contributed by atoms with Gasteiger partial charge in [0.15, 0.2) is 5.78 Å². The van der Waals surface area contributed by atoms with E-state index in [1.54, 1.807) is 0 Å². The Bertz CT molecular complexity index is 222. The minimum absolute atomic E-state index is 0.454. The number of Topliss-reactive ketones (excluding diaryl/α,β-unsaturated/α-hetero) is 1. The zero-order valence-electron chi connectivity index (χ0n) is 8.20. The van der Waals surface area contributed by atoms with Crippen LogP contribution in [-0.2, 0) is 9.53 Å². The molecule has 0 atom stereocenters. The lowest BCUT2D eigenvalue weighted by molar-refractivity contribution is -0.296. The quantitative estimate of drug-likeness (QED) is 0.683. The normalized spacial score (nSPS) is 13.3. The topological polar surface area (TPSA) is 26.3 Å². The van der Waals surface area contributed by atoms with E-state index in [0.717, 1.165) is 0 Å². The number of hydrogen-bond acceptors (Lipinski definition) is 2. The van der Waals surface area contributed by atoms with E-state index in [-0.39, 0.29) is 0 Å². The maximum absolute atomic E-state index is 12.2. The molecule has 7 heteroatoms. The van der Waals surface area contributed by atoms with E-state index in [9.17, 15) is 26.7 Å². The first-order chi connectivity index (χ1) is 6.58. The molecule has 0 heterocycles. The van der Waals surface area contributed by atoms with Crippen molar-refractivity contribution < 1.29 is 31.5 Å². The molecule has 0 aromatic rings. The summed E-state index contributed by atoms with van der Waals surface area (Å²) in [5, 5.41) is 0. The van der Waals surface area contributed by atoms with Crippen molar-refractivity contribution in [1.29, 1.82) is 0 Å². The minimum Gasteiger partial charge on any atom is -0.367 e. The van der Waals surface area contributed by atoms with Crippen LogP contribution in [0.1, 0.15) is 13.8 Å². The third-order valence-electron chi connectivity index (χ3n) is 1.59. The number of halogens is 5. The number of alkyl halides is 5. The summed E-state index contributed by atoms with van der Waals surface area (Å²) in [7, 11) is 0. The molecule has 0 rings (SSSR count). The lowest BCUT2D eigenvalue weighted by Gasteiger charge is -2.19. The van der Waals surface area contributed by atoms with Crippen LogP contribution in [0.2, 0.25) is 0 Å². The van der Waals surface area contributed by atoms with Gasteiger partial charge in [0.25, 0.3) is 0 Å². The van der Waals surface area contributed by atoms with Crippen LogP contribution in [0.25, 0.3) is 0 Å². The van der Waals surface area contributed by atoms with Crippen LogP contribution in [0.4, 0.5) is 22.0 Å². The number of ether oxygens (including phenoxy) is 1. The third-order valence-corrected chi connectivity index (χ3v) is 1.59. The third kappa shape index (κ3) is 4.55. The molecular formula is C8H11F5O2. The first kappa shape index (κ1) is 14.3. The Hall–Kier alpha value is -0.720. The fourth-order valence-corrected chi connectivity index (χ4v) is 0.528. The van der Waals surface area contributed by atoms with Gasteiger partial charge in [-0.2, -0.15) is 22.0 Å². The summed E-state index contributed by atoms with van der Waals surface area (Å²) in [6.07, 6.45) is -5.64. The van der Waals surface area contributed by atoms with Crippen LogP contribution in [0, 0.1) is 5.92 Å². The van der Waals surface area contributed by atoms with E-state index < -0.39 is 37.0 Å². The number of carbonyl (C=O) groups excluding carboxylic acids is 1. The Kier molecular flexibility index (Phi) is 4.64. The lowest BCUT2D eigenvalue weighted by Crippen LogP contribution is -2.41. The van der Waals surface area contributed by atoms with E-state index in [4.69, 9.17) is 0 Å². The molecule has 0 aliphatic heterocycles. The highest BCUT2D eigenvalue weighted by Crippen LogP contribution is 2.35. The second-order valence-electron chi connectivity index (χ2n) is 3.32. The van der Waals surface area contributed by atoms with Gasteiger partial charge < -0.3 is 4.74 Å². The largest absolute Gasteiger partial charge is 0.455 e. The molecule has 0 radical (unpaired) electrons. The Morgan fingerprint density at radius 3 is 2.00 bits per heavy atom. The smallest absolute Gasteiger partial charge is 0.367 e. The SMILES string of the molecule is CC(C)C(=O)COCC(F)(F)C(F)(F)F. The average Bonchev–Trinajstić information content (AvgIpc) is 2.01. The summed E-state index contributed by atoms with van der Waals surface area (Å²) in [6, 6.07) is 0. The summed E-state index contributed by atoms with van der Waals surface area (Å²) in [5.41, 5.74) is 0. The van der Waals surface area contributed by atoms with Crippen molar-refractivity contribution in [3.8, 4) is 0 Å². The van der Waals surface area contributed by atoms with Crippen molar-refractivity contribution in [2.24, 2.45) is 5.92 Å². The summed E-state index contributed by atoms with van der Waals surface area (Å²) < 4.78 is 63.3. The van der Waals surface area contributed by atoms with E-state index in [1.165, 1.54) is 13.8 Å². The molecule has 0 bridgehead atoms. The molecule has 0 amide bonds. The highest BCUT2D eigenvalue weighted by molar-refractivity contribution is 5.81. The highest BCUT2D eigenvalue weighted by Gasteiger charge is 2.57. The predicted molar refractivity (Wildman–Crippen MR) is 41.7 cm³/mol. The van der Waals surface area contributed by atoms with Gasteiger partial charge in [0.2, 0.25) is 0 Å². The Morgan fingerprint density at radius 2 is 1.67 bits per heavy atom. The molecule has 0 fully saturated rings. The van der Waals surface area contributed by atoms with Crippen molar-refractivity contribution >= 4 is 5.78 Å². The first-order valence-electron chi connectivity index (χ1n) is 4.13. The number of rotatable bonds is 5. The van der Waals surface area contributed by atoms with Crippen LogP contribution >= 0.6 is 0 Å². The maximum Gasteiger partial charge on any atom is 0.455 e. The maximum atomic E-state index is 12.2. The van der Waals surface area contributed by atoms with Crippen LogP contribution in [0.15, 0.2) is 0 Å². The summed E-state index contributed by atoms with van der Waals surface area (Å²) in [5.74, 6) is -5.89. The molecule has 2 nitrogen and oxygen atoms in total. The molecule has 0 unspecified atom stereocenters. The van der Waals surface area contributed by atoms with Gasteiger partial charge >= 0.3 is 12.1 Å². The molecule has 0 aliphatic rings. The molecule has 15 heavy (non-hydrogen) atoms. The van der Waals surface area contributed by atoms with Crippen molar-refractivity contribution in [3.63, 3.8) is 0 Å².